The van der Waals surface area contributed by atoms with E-state index in [4.69, 9.17) is 0 Å². The Kier molecular flexibility index (Phi) is 3.00. The van der Waals surface area contributed by atoms with Crippen LogP contribution in [0.2, 0.25) is 0 Å². The van der Waals surface area contributed by atoms with Crippen LogP contribution in [0, 0.1) is 11.3 Å². The van der Waals surface area contributed by atoms with Crippen molar-refractivity contribution in [2.75, 3.05) is 0 Å². The van der Waals surface area contributed by atoms with Gasteiger partial charge in [-0.3, -0.25) is 4.79 Å². The predicted molar refractivity (Wildman–Crippen MR) is 79.8 cm³/mol. The Morgan fingerprint density at radius 1 is 1.37 bits per heavy atom. The zero-order chi connectivity index (χ0) is 14.6. The third-order valence-electron chi connectivity index (χ3n) is 4.82. The fourth-order valence-corrected chi connectivity index (χ4v) is 3.70. The molecule has 0 aromatic heterocycles. The van der Waals surface area contributed by atoms with E-state index in [1.165, 1.54) is 0 Å². The monoisotopic (exact) mass is 261 g/mol. The van der Waals surface area contributed by atoms with Gasteiger partial charge in [-0.15, -0.1) is 6.58 Å². The molecule has 2 atom stereocenters. The Balaban J connectivity index is 2.50. The van der Waals surface area contributed by atoms with E-state index >= 15 is 0 Å². The van der Waals surface area contributed by atoms with Gasteiger partial charge >= 0.3 is 0 Å². The molecule has 0 N–H and O–H groups in total. The van der Waals surface area contributed by atoms with Crippen molar-refractivity contribution in [3.63, 3.8) is 0 Å². The summed E-state index contributed by atoms with van der Waals surface area (Å²) in [5, 5.41) is 0. The normalized spacial score (nSPS) is 33.1. The summed E-state index contributed by atoms with van der Waals surface area (Å²) >= 11 is 0. The van der Waals surface area contributed by atoms with Crippen LogP contribution in [-0.2, 0) is 4.79 Å². The third kappa shape index (κ3) is 1.96. The Hall–Kier alpha value is -1.05. The van der Waals surface area contributed by atoms with Gasteiger partial charge < -0.3 is 4.90 Å². The number of rotatable bonds is 2. The molecule has 2 aliphatic rings. The number of nitrogens with zero attached hydrogens (tertiary/aromatic N) is 1. The van der Waals surface area contributed by atoms with Crippen LogP contribution < -0.4 is 0 Å². The summed E-state index contributed by atoms with van der Waals surface area (Å²) in [4.78, 5) is 15.1. The highest BCUT2D eigenvalue weighted by Gasteiger charge is 2.56. The number of hydrogen-bond donors (Lipinski definition) is 0. The molecule has 2 aliphatic heterocycles. The molecule has 2 heteroatoms. The zero-order valence-electron chi connectivity index (χ0n) is 13.2. The van der Waals surface area contributed by atoms with E-state index in [0.717, 1.165) is 18.5 Å². The van der Waals surface area contributed by atoms with Crippen molar-refractivity contribution in [2.24, 2.45) is 11.3 Å². The number of ketones is 1. The molecule has 2 nitrogen and oxygen atoms in total. The average molecular weight is 261 g/mol. The first-order valence-corrected chi connectivity index (χ1v) is 7.23. The summed E-state index contributed by atoms with van der Waals surface area (Å²) in [6.45, 7) is 16.7. The van der Waals surface area contributed by atoms with Gasteiger partial charge in [0.15, 0.2) is 5.78 Å². The SMILES string of the molecule is C=CC1C=C(C(=O)C(C)(C)C)N2C(C)(C)CCC12C. The highest BCUT2D eigenvalue weighted by molar-refractivity contribution is 5.99. The summed E-state index contributed by atoms with van der Waals surface area (Å²) in [5.74, 6) is 0.522. The molecule has 0 amide bonds. The second-order valence-electron chi connectivity index (χ2n) is 7.90. The van der Waals surface area contributed by atoms with Crippen molar-refractivity contribution in [1.82, 2.24) is 4.90 Å². The molecule has 1 fully saturated rings. The van der Waals surface area contributed by atoms with Crippen molar-refractivity contribution in [1.29, 1.82) is 0 Å². The van der Waals surface area contributed by atoms with Crippen LogP contribution in [0.3, 0.4) is 0 Å². The van der Waals surface area contributed by atoms with E-state index in [2.05, 4.69) is 38.3 Å². The summed E-state index contributed by atoms with van der Waals surface area (Å²) in [6, 6.07) is 0. The number of carbonyl (C=O) groups is 1. The van der Waals surface area contributed by atoms with Gasteiger partial charge in [-0.05, 0) is 39.7 Å². The lowest BCUT2D eigenvalue weighted by Crippen LogP contribution is -2.50. The van der Waals surface area contributed by atoms with Gasteiger partial charge in [-0.2, -0.15) is 0 Å². The fraction of sp³-hybridized carbons (Fsp3) is 0.706. The van der Waals surface area contributed by atoms with Crippen LogP contribution in [-0.4, -0.2) is 21.8 Å². The molecule has 106 valence electrons. The largest absolute Gasteiger partial charge is 0.357 e. The van der Waals surface area contributed by atoms with E-state index in [-0.39, 0.29) is 28.2 Å². The molecular formula is C17H27NO. The molecule has 0 aromatic carbocycles. The highest BCUT2D eigenvalue weighted by atomic mass is 16.1. The van der Waals surface area contributed by atoms with E-state index < -0.39 is 0 Å². The van der Waals surface area contributed by atoms with Crippen LogP contribution in [0.4, 0.5) is 0 Å². The topological polar surface area (TPSA) is 20.3 Å². The molecule has 0 saturated carbocycles. The van der Waals surface area contributed by atoms with Crippen LogP contribution in [0.25, 0.3) is 0 Å². The second kappa shape index (κ2) is 3.97. The number of hydrogen-bond acceptors (Lipinski definition) is 2. The Morgan fingerprint density at radius 2 is 1.95 bits per heavy atom. The van der Waals surface area contributed by atoms with Crippen molar-refractivity contribution in [2.45, 2.75) is 65.5 Å². The summed E-state index contributed by atoms with van der Waals surface area (Å²) < 4.78 is 0. The number of allylic oxidation sites excluding steroid dienone is 1. The zero-order valence-corrected chi connectivity index (χ0v) is 13.2. The minimum atomic E-state index is -0.332. The van der Waals surface area contributed by atoms with Crippen LogP contribution in [0.15, 0.2) is 24.4 Å². The molecule has 2 heterocycles. The average Bonchev–Trinajstić information content (AvgIpc) is 2.70. The molecule has 1 saturated heterocycles. The van der Waals surface area contributed by atoms with Crippen LogP contribution >= 0.6 is 0 Å². The molecule has 0 aromatic rings. The predicted octanol–water partition coefficient (Wildman–Crippen LogP) is 3.93. The van der Waals surface area contributed by atoms with Gasteiger partial charge in [-0.25, -0.2) is 0 Å². The summed E-state index contributed by atoms with van der Waals surface area (Å²) in [5.41, 5.74) is 0.657. The quantitative estimate of drug-likeness (QED) is 0.702. The first-order chi connectivity index (χ1) is 8.54. The first kappa shape index (κ1) is 14.4. The minimum absolute atomic E-state index is 0.0293. The number of carbonyl (C=O) groups excluding carboxylic acids is 1. The summed E-state index contributed by atoms with van der Waals surface area (Å²) in [7, 11) is 0. The molecular weight excluding hydrogens is 234 g/mol. The van der Waals surface area contributed by atoms with Gasteiger partial charge in [0.25, 0.3) is 0 Å². The summed E-state index contributed by atoms with van der Waals surface area (Å²) in [6.07, 6.45) is 6.38. The maximum atomic E-state index is 12.8. The van der Waals surface area contributed by atoms with Crippen LogP contribution in [0.5, 0.6) is 0 Å². The van der Waals surface area contributed by atoms with Crippen LogP contribution in [0.1, 0.15) is 54.4 Å². The van der Waals surface area contributed by atoms with E-state index in [0.29, 0.717) is 0 Å². The lowest BCUT2D eigenvalue weighted by molar-refractivity contribution is -0.125. The molecule has 2 rings (SSSR count). The molecule has 0 bridgehead atoms. The van der Waals surface area contributed by atoms with Crippen molar-refractivity contribution in [3.05, 3.63) is 24.4 Å². The second-order valence-corrected chi connectivity index (χ2v) is 7.90. The Bertz CT molecular complexity index is 452. The lowest BCUT2D eigenvalue weighted by Gasteiger charge is -2.43. The smallest absolute Gasteiger partial charge is 0.183 e. The van der Waals surface area contributed by atoms with E-state index in [9.17, 15) is 4.79 Å². The maximum Gasteiger partial charge on any atom is 0.183 e. The molecule has 2 unspecified atom stereocenters. The molecule has 0 aliphatic carbocycles. The minimum Gasteiger partial charge on any atom is -0.357 e. The Labute approximate surface area is 117 Å². The number of fused-ring (bicyclic) bond motifs is 1. The lowest BCUT2D eigenvalue weighted by atomic mass is 9.85. The van der Waals surface area contributed by atoms with Gasteiger partial charge in [-0.1, -0.05) is 26.8 Å². The fourth-order valence-electron chi connectivity index (χ4n) is 3.70. The van der Waals surface area contributed by atoms with E-state index in [1.54, 1.807) is 0 Å². The van der Waals surface area contributed by atoms with Gasteiger partial charge in [0.2, 0.25) is 0 Å². The molecule has 19 heavy (non-hydrogen) atoms. The van der Waals surface area contributed by atoms with Crippen molar-refractivity contribution >= 4 is 5.78 Å². The Morgan fingerprint density at radius 3 is 2.42 bits per heavy atom. The number of Topliss-reactive ketones (excluding diaryl/α,β-unsaturated/α-hetero) is 1. The van der Waals surface area contributed by atoms with Gasteiger partial charge in [0.1, 0.15) is 0 Å². The van der Waals surface area contributed by atoms with Crippen molar-refractivity contribution in [3.8, 4) is 0 Å². The van der Waals surface area contributed by atoms with Gasteiger partial charge in [0, 0.05) is 22.4 Å². The van der Waals surface area contributed by atoms with Crippen molar-refractivity contribution < 1.29 is 4.79 Å². The highest BCUT2D eigenvalue weighted by Crippen LogP contribution is 2.53. The van der Waals surface area contributed by atoms with Gasteiger partial charge in [0.05, 0.1) is 5.70 Å². The maximum absolute atomic E-state index is 12.8. The standard InChI is InChI=1S/C17H27NO/c1-8-12-11-13(14(19)15(2,3)4)18-16(5,6)9-10-17(12,18)7/h8,11-12H,1,9-10H2,2-7H3. The third-order valence-corrected chi connectivity index (χ3v) is 4.82. The molecule has 0 radical (unpaired) electrons. The van der Waals surface area contributed by atoms with E-state index in [1.807, 2.05) is 26.8 Å². The molecule has 0 spiro atoms. The first-order valence-electron chi connectivity index (χ1n) is 7.23.